The molecule has 2 heterocycles. The number of amides is 1. The Morgan fingerprint density at radius 2 is 2.14 bits per heavy atom. The van der Waals surface area contributed by atoms with Gasteiger partial charge in [0, 0.05) is 24.7 Å². The quantitative estimate of drug-likeness (QED) is 0.732. The average molecular weight is 399 g/mol. The van der Waals surface area contributed by atoms with E-state index in [1.54, 1.807) is 32.2 Å². The first kappa shape index (κ1) is 18.4. The summed E-state index contributed by atoms with van der Waals surface area (Å²) in [5.41, 5.74) is 3.08. The largest absolute Gasteiger partial charge is 0.360 e. The summed E-state index contributed by atoms with van der Waals surface area (Å²) in [7, 11) is 1.64. The van der Waals surface area contributed by atoms with Crippen molar-refractivity contribution in [3.05, 3.63) is 68.3 Å². The SMILES string of the molecule is Cc1onc(-c2ccccc2Cl)c1C(=O)NC1CCc2nn(C)c(=O)cc2C1. The molecule has 0 saturated heterocycles. The zero-order valence-corrected chi connectivity index (χ0v) is 16.3. The summed E-state index contributed by atoms with van der Waals surface area (Å²) < 4.78 is 6.62. The van der Waals surface area contributed by atoms with Gasteiger partial charge in [0.15, 0.2) is 0 Å². The van der Waals surface area contributed by atoms with Crippen LogP contribution in [0.25, 0.3) is 11.3 Å². The summed E-state index contributed by atoms with van der Waals surface area (Å²) >= 11 is 6.27. The first-order valence-electron chi connectivity index (χ1n) is 9.02. The van der Waals surface area contributed by atoms with E-state index in [1.807, 2.05) is 12.1 Å². The van der Waals surface area contributed by atoms with Crippen LogP contribution in [-0.4, -0.2) is 26.9 Å². The molecule has 1 aromatic carbocycles. The Labute approximate surface area is 166 Å². The predicted octanol–water partition coefficient (Wildman–Crippen LogP) is 2.68. The number of aromatic nitrogens is 3. The zero-order valence-electron chi connectivity index (χ0n) is 15.5. The highest BCUT2D eigenvalue weighted by atomic mass is 35.5. The molecule has 3 aromatic rings. The van der Waals surface area contributed by atoms with Crippen LogP contribution < -0.4 is 10.9 Å². The van der Waals surface area contributed by atoms with Gasteiger partial charge >= 0.3 is 0 Å². The van der Waals surface area contributed by atoms with Crippen molar-refractivity contribution >= 4 is 17.5 Å². The lowest BCUT2D eigenvalue weighted by atomic mass is 9.92. The van der Waals surface area contributed by atoms with Crippen molar-refractivity contribution in [3.8, 4) is 11.3 Å². The number of benzene rings is 1. The van der Waals surface area contributed by atoms with E-state index in [4.69, 9.17) is 16.1 Å². The number of nitrogens with one attached hydrogen (secondary N) is 1. The number of aryl methyl sites for hydroxylation is 3. The van der Waals surface area contributed by atoms with Crippen molar-refractivity contribution in [1.82, 2.24) is 20.3 Å². The van der Waals surface area contributed by atoms with Crippen LogP contribution >= 0.6 is 11.6 Å². The fourth-order valence-electron chi connectivity index (χ4n) is 3.54. The Morgan fingerprint density at radius 1 is 1.36 bits per heavy atom. The Bertz CT molecular complexity index is 1120. The molecule has 0 aliphatic heterocycles. The van der Waals surface area contributed by atoms with Crippen molar-refractivity contribution in [2.45, 2.75) is 32.2 Å². The second-order valence-corrected chi connectivity index (χ2v) is 7.34. The highest BCUT2D eigenvalue weighted by Crippen LogP contribution is 2.31. The van der Waals surface area contributed by atoms with Crippen LogP contribution in [0.4, 0.5) is 0 Å². The van der Waals surface area contributed by atoms with Gasteiger partial charge in [-0.2, -0.15) is 5.10 Å². The molecule has 0 spiro atoms. The minimum absolute atomic E-state index is 0.0951. The molecule has 0 fully saturated rings. The van der Waals surface area contributed by atoms with Gasteiger partial charge in [-0.1, -0.05) is 35.0 Å². The maximum atomic E-state index is 13.0. The van der Waals surface area contributed by atoms with Crippen LogP contribution in [0.3, 0.4) is 0 Å². The summed E-state index contributed by atoms with van der Waals surface area (Å²) in [6.07, 6.45) is 2.01. The molecule has 1 atom stereocenters. The van der Waals surface area contributed by atoms with Gasteiger partial charge in [-0.3, -0.25) is 9.59 Å². The van der Waals surface area contributed by atoms with Gasteiger partial charge in [-0.05, 0) is 37.8 Å². The zero-order chi connectivity index (χ0) is 19.8. The van der Waals surface area contributed by atoms with Gasteiger partial charge in [-0.15, -0.1) is 0 Å². The molecule has 144 valence electrons. The molecule has 7 nitrogen and oxygen atoms in total. The maximum absolute atomic E-state index is 13.0. The van der Waals surface area contributed by atoms with Gasteiger partial charge < -0.3 is 9.84 Å². The summed E-state index contributed by atoms with van der Waals surface area (Å²) in [5.74, 6) is 0.165. The van der Waals surface area contributed by atoms with E-state index in [9.17, 15) is 9.59 Å². The van der Waals surface area contributed by atoms with E-state index in [0.29, 0.717) is 40.4 Å². The normalized spacial score (nSPS) is 15.9. The molecule has 0 saturated carbocycles. The monoisotopic (exact) mass is 398 g/mol. The summed E-state index contributed by atoms with van der Waals surface area (Å²) in [5, 5.41) is 11.9. The Balaban J connectivity index is 1.58. The topological polar surface area (TPSA) is 90.0 Å². The van der Waals surface area contributed by atoms with Crippen molar-refractivity contribution in [3.63, 3.8) is 0 Å². The molecule has 0 radical (unpaired) electrons. The third kappa shape index (κ3) is 3.33. The Hall–Kier alpha value is -2.93. The van der Waals surface area contributed by atoms with E-state index < -0.39 is 0 Å². The smallest absolute Gasteiger partial charge is 0.266 e. The van der Waals surface area contributed by atoms with E-state index in [2.05, 4.69) is 15.6 Å². The summed E-state index contributed by atoms with van der Waals surface area (Å²) in [4.78, 5) is 24.9. The first-order valence-corrected chi connectivity index (χ1v) is 9.40. The highest BCUT2D eigenvalue weighted by molar-refractivity contribution is 6.33. The van der Waals surface area contributed by atoms with Crippen LogP contribution in [0.15, 0.2) is 39.6 Å². The van der Waals surface area contributed by atoms with E-state index in [1.165, 1.54) is 4.68 Å². The number of fused-ring (bicyclic) bond motifs is 1. The van der Waals surface area contributed by atoms with Crippen molar-refractivity contribution in [1.29, 1.82) is 0 Å². The van der Waals surface area contributed by atoms with Gasteiger partial charge in [-0.25, -0.2) is 4.68 Å². The number of nitrogens with zero attached hydrogens (tertiary/aromatic N) is 3. The number of carbonyl (C=O) groups excluding carboxylic acids is 1. The maximum Gasteiger partial charge on any atom is 0.266 e. The summed E-state index contributed by atoms with van der Waals surface area (Å²) in [6, 6.07) is 8.69. The number of rotatable bonds is 3. The summed E-state index contributed by atoms with van der Waals surface area (Å²) in [6.45, 7) is 1.70. The van der Waals surface area contributed by atoms with Crippen LogP contribution in [0, 0.1) is 6.92 Å². The molecule has 8 heteroatoms. The minimum atomic E-state index is -0.265. The fourth-order valence-corrected chi connectivity index (χ4v) is 3.77. The number of hydrogen-bond donors (Lipinski definition) is 1. The van der Waals surface area contributed by atoms with E-state index in [0.717, 1.165) is 17.7 Å². The van der Waals surface area contributed by atoms with Gasteiger partial charge in [0.1, 0.15) is 17.0 Å². The molecule has 1 amide bonds. The molecule has 2 aromatic heterocycles. The van der Waals surface area contributed by atoms with Crippen LogP contribution in [0.5, 0.6) is 0 Å². The predicted molar refractivity (Wildman–Crippen MR) is 104 cm³/mol. The van der Waals surface area contributed by atoms with Crippen molar-refractivity contribution < 1.29 is 9.32 Å². The fraction of sp³-hybridized carbons (Fsp3) is 0.300. The van der Waals surface area contributed by atoms with Crippen molar-refractivity contribution in [2.75, 3.05) is 0 Å². The molecular weight excluding hydrogens is 380 g/mol. The molecule has 28 heavy (non-hydrogen) atoms. The Kier molecular flexibility index (Phi) is 4.77. The van der Waals surface area contributed by atoms with Gasteiger partial charge in [0.25, 0.3) is 11.5 Å². The second-order valence-electron chi connectivity index (χ2n) is 6.93. The number of carbonyl (C=O) groups is 1. The molecule has 4 rings (SSSR count). The molecule has 0 bridgehead atoms. The lowest BCUT2D eigenvalue weighted by molar-refractivity contribution is 0.0932. The second kappa shape index (κ2) is 7.24. The molecule has 1 aliphatic carbocycles. The van der Waals surface area contributed by atoms with Gasteiger partial charge in [0.2, 0.25) is 0 Å². The van der Waals surface area contributed by atoms with E-state index in [-0.39, 0.29) is 17.5 Å². The standard InChI is InChI=1S/C20H19ClN4O3/c1-11-18(19(24-28-11)14-5-3-4-6-15(14)21)20(27)22-13-7-8-16-12(9-13)10-17(26)25(2)23-16/h3-6,10,13H,7-9H2,1-2H3,(H,22,27). The van der Waals surface area contributed by atoms with Crippen LogP contribution in [0.1, 0.15) is 33.8 Å². The molecule has 1 N–H and O–H groups in total. The molecule has 1 aliphatic rings. The third-order valence-electron chi connectivity index (χ3n) is 5.01. The molecule has 1 unspecified atom stereocenters. The highest BCUT2D eigenvalue weighted by Gasteiger charge is 2.27. The third-order valence-corrected chi connectivity index (χ3v) is 5.34. The lowest BCUT2D eigenvalue weighted by Gasteiger charge is -2.24. The first-order chi connectivity index (χ1) is 13.4. The van der Waals surface area contributed by atoms with Gasteiger partial charge in [0.05, 0.1) is 10.7 Å². The number of halogens is 1. The van der Waals surface area contributed by atoms with Crippen molar-refractivity contribution in [2.24, 2.45) is 7.05 Å². The van der Waals surface area contributed by atoms with E-state index >= 15 is 0 Å². The lowest BCUT2D eigenvalue weighted by Crippen LogP contribution is -2.40. The number of hydrogen-bond acceptors (Lipinski definition) is 5. The minimum Gasteiger partial charge on any atom is -0.360 e. The average Bonchev–Trinajstić information content (AvgIpc) is 3.04. The van der Waals surface area contributed by atoms with Crippen LogP contribution in [0.2, 0.25) is 5.02 Å². The van der Waals surface area contributed by atoms with Crippen LogP contribution in [-0.2, 0) is 19.9 Å². The Morgan fingerprint density at radius 3 is 2.93 bits per heavy atom. The molecular formula is C20H19ClN4O3.